The highest BCUT2D eigenvalue weighted by Crippen LogP contribution is 2.14. The fourth-order valence-electron chi connectivity index (χ4n) is 1.21. The molecule has 13 heavy (non-hydrogen) atoms. The summed E-state index contributed by atoms with van der Waals surface area (Å²) in [4.78, 5) is 11.7. The van der Waals surface area contributed by atoms with Crippen LogP contribution in [0.4, 0.5) is 0 Å². The van der Waals surface area contributed by atoms with Gasteiger partial charge in [0.15, 0.2) is 5.78 Å². The lowest BCUT2D eigenvalue weighted by Gasteiger charge is -2.05. The van der Waals surface area contributed by atoms with Crippen molar-refractivity contribution in [2.45, 2.75) is 33.2 Å². The van der Waals surface area contributed by atoms with E-state index in [0.29, 0.717) is 23.4 Å². The van der Waals surface area contributed by atoms with Gasteiger partial charge < -0.3 is 10.3 Å². The summed E-state index contributed by atoms with van der Waals surface area (Å²) in [5.41, 5.74) is 6.78. The molecule has 0 aromatic carbocycles. The number of hydrogen-bond donors (Lipinski definition) is 1. The molecule has 4 nitrogen and oxygen atoms in total. The highest BCUT2D eigenvalue weighted by Gasteiger charge is 2.21. The first-order chi connectivity index (χ1) is 6.07. The predicted octanol–water partition coefficient (Wildman–Crippen LogP) is 1.21. The lowest BCUT2D eigenvalue weighted by atomic mass is 10.0. The van der Waals surface area contributed by atoms with Gasteiger partial charge in [-0.15, -0.1) is 0 Å². The molecule has 4 heteroatoms. The summed E-state index contributed by atoms with van der Waals surface area (Å²) in [5, 5.41) is 3.70. The number of hydrogen-bond acceptors (Lipinski definition) is 4. The van der Waals surface area contributed by atoms with Crippen LogP contribution in [0.1, 0.15) is 35.2 Å². The summed E-state index contributed by atoms with van der Waals surface area (Å²) < 4.78 is 4.88. The number of aryl methyl sites for hydroxylation is 2. The second-order valence-electron chi connectivity index (χ2n) is 3.08. The van der Waals surface area contributed by atoms with Crippen LogP contribution in [-0.4, -0.2) is 17.0 Å². The van der Waals surface area contributed by atoms with Gasteiger partial charge in [0.2, 0.25) is 0 Å². The van der Waals surface area contributed by atoms with Crippen LogP contribution in [0.3, 0.4) is 0 Å². The molecule has 0 aliphatic heterocycles. The molecule has 0 amide bonds. The molecule has 0 saturated heterocycles. The molecule has 0 aliphatic carbocycles. The minimum atomic E-state index is -0.447. The topological polar surface area (TPSA) is 69.1 Å². The van der Waals surface area contributed by atoms with Crippen molar-refractivity contribution >= 4 is 5.78 Å². The van der Waals surface area contributed by atoms with Crippen molar-refractivity contribution < 1.29 is 9.32 Å². The number of Topliss-reactive ketones (excluding diaryl/α,β-unsaturated/α-hetero) is 1. The molecule has 1 aromatic rings. The highest BCUT2D eigenvalue weighted by atomic mass is 16.5. The molecule has 1 aromatic heterocycles. The molecule has 0 aliphatic rings. The van der Waals surface area contributed by atoms with Crippen LogP contribution < -0.4 is 5.73 Å². The van der Waals surface area contributed by atoms with Crippen LogP contribution in [-0.2, 0) is 0 Å². The fraction of sp³-hybridized carbons (Fsp3) is 0.556. The van der Waals surface area contributed by atoms with E-state index < -0.39 is 6.04 Å². The number of nitrogens with two attached hydrogens (primary N) is 1. The van der Waals surface area contributed by atoms with E-state index in [1.807, 2.05) is 6.92 Å². The summed E-state index contributed by atoms with van der Waals surface area (Å²) in [6.45, 7) is 5.34. The van der Waals surface area contributed by atoms with Crippen molar-refractivity contribution in [3.8, 4) is 0 Å². The number of nitrogens with zero attached hydrogens (tertiary/aromatic N) is 1. The molecular formula is C9H14N2O2. The Kier molecular flexibility index (Phi) is 2.83. The van der Waals surface area contributed by atoms with Gasteiger partial charge in [0.05, 0.1) is 17.3 Å². The van der Waals surface area contributed by atoms with Gasteiger partial charge in [-0.1, -0.05) is 12.1 Å². The average Bonchev–Trinajstić information content (AvgIpc) is 2.44. The van der Waals surface area contributed by atoms with Gasteiger partial charge in [0, 0.05) is 0 Å². The third kappa shape index (κ3) is 1.78. The Labute approximate surface area is 77.1 Å². The Hall–Kier alpha value is -1.16. The minimum absolute atomic E-state index is 0.0845. The predicted molar refractivity (Wildman–Crippen MR) is 48.6 cm³/mol. The van der Waals surface area contributed by atoms with Crippen molar-refractivity contribution in [1.82, 2.24) is 5.16 Å². The van der Waals surface area contributed by atoms with Crippen molar-refractivity contribution in [2.75, 3.05) is 0 Å². The molecule has 0 bridgehead atoms. The van der Waals surface area contributed by atoms with Crippen LogP contribution in [0.5, 0.6) is 0 Å². The van der Waals surface area contributed by atoms with Crippen molar-refractivity contribution in [3.05, 3.63) is 17.0 Å². The minimum Gasteiger partial charge on any atom is -0.361 e. The summed E-state index contributed by atoms with van der Waals surface area (Å²) in [5.74, 6) is 0.463. The second-order valence-corrected chi connectivity index (χ2v) is 3.08. The first-order valence-corrected chi connectivity index (χ1v) is 4.30. The van der Waals surface area contributed by atoms with Crippen LogP contribution in [0.25, 0.3) is 0 Å². The van der Waals surface area contributed by atoms with Crippen LogP contribution in [0.15, 0.2) is 4.52 Å². The zero-order valence-corrected chi connectivity index (χ0v) is 8.13. The van der Waals surface area contributed by atoms with Crippen LogP contribution in [0, 0.1) is 13.8 Å². The molecule has 1 heterocycles. The fourth-order valence-corrected chi connectivity index (χ4v) is 1.21. The Morgan fingerprint density at radius 1 is 1.62 bits per heavy atom. The van der Waals surface area contributed by atoms with Gasteiger partial charge in [-0.25, -0.2) is 0 Å². The molecule has 0 fully saturated rings. The van der Waals surface area contributed by atoms with Gasteiger partial charge >= 0.3 is 0 Å². The monoisotopic (exact) mass is 182 g/mol. The number of carbonyl (C=O) groups is 1. The van der Waals surface area contributed by atoms with Crippen LogP contribution >= 0.6 is 0 Å². The Morgan fingerprint density at radius 2 is 2.23 bits per heavy atom. The molecule has 1 rings (SSSR count). The molecule has 0 spiro atoms. The van der Waals surface area contributed by atoms with Crippen LogP contribution in [0.2, 0.25) is 0 Å². The third-order valence-electron chi connectivity index (χ3n) is 2.06. The van der Waals surface area contributed by atoms with E-state index in [1.54, 1.807) is 13.8 Å². The Bertz CT molecular complexity index is 298. The molecule has 1 atom stereocenters. The lowest BCUT2D eigenvalue weighted by molar-refractivity contribution is 0.0957. The van der Waals surface area contributed by atoms with Gasteiger partial charge in [-0.05, 0) is 20.3 Å². The molecule has 0 radical (unpaired) electrons. The molecule has 2 N–H and O–H groups in total. The van der Waals surface area contributed by atoms with Crippen molar-refractivity contribution in [3.63, 3.8) is 0 Å². The first-order valence-electron chi connectivity index (χ1n) is 4.30. The van der Waals surface area contributed by atoms with Gasteiger partial charge in [0.1, 0.15) is 5.76 Å². The number of ketones is 1. The Balaban J connectivity index is 3.01. The van der Waals surface area contributed by atoms with E-state index in [4.69, 9.17) is 10.3 Å². The number of aromatic nitrogens is 1. The van der Waals surface area contributed by atoms with Crippen molar-refractivity contribution in [2.24, 2.45) is 5.73 Å². The zero-order valence-electron chi connectivity index (χ0n) is 8.13. The molecule has 72 valence electrons. The average molecular weight is 182 g/mol. The largest absolute Gasteiger partial charge is 0.361 e. The van der Waals surface area contributed by atoms with Gasteiger partial charge in [-0.2, -0.15) is 0 Å². The highest BCUT2D eigenvalue weighted by molar-refractivity contribution is 6.01. The first kappa shape index (κ1) is 9.92. The molecule has 0 saturated carbocycles. The third-order valence-corrected chi connectivity index (χ3v) is 2.06. The Morgan fingerprint density at radius 3 is 2.62 bits per heavy atom. The number of rotatable bonds is 3. The van der Waals surface area contributed by atoms with Gasteiger partial charge in [0.25, 0.3) is 0 Å². The number of carbonyl (C=O) groups excluding carboxylic acids is 1. The summed E-state index contributed by atoms with van der Waals surface area (Å²) in [6.07, 6.45) is 0.628. The smallest absolute Gasteiger partial charge is 0.184 e. The SMILES string of the molecule is CCC(N)C(=O)c1c(C)noc1C. The van der Waals surface area contributed by atoms with Crippen molar-refractivity contribution in [1.29, 1.82) is 0 Å². The second kappa shape index (κ2) is 3.70. The maximum absolute atomic E-state index is 11.7. The lowest BCUT2D eigenvalue weighted by Crippen LogP contribution is -2.30. The van der Waals surface area contributed by atoms with E-state index in [0.717, 1.165) is 0 Å². The molecule has 1 unspecified atom stereocenters. The van der Waals surface area contributed by atoms with E-state index in [1.165, 1.54) is 0 Å². The normalized spacial score (nSPS) is 12.9. The quantitative estimate of drug-likeness (QED) is 0.713. The van der Waals surface area contributed by atoms with E-state index in [-0.39, 0.29) is 5.78 Å². The summed E-state index contributed by atoms with van der Waals surface area (Å²) >= 11 is 0. The zero-order chi connectivity index (χ0) is 10.0. The maximum Gasteiger partial charge on any atom is 0.184 e. The summed E-state index contributed by atoms with van der Waals surface area (Å²) in [7, 11) is 0. The maximum atomic E-state index is 11.7. The van der Waals surface area contributed by atoms with E-state index in [2.05, 4.69) is 5.16 Å². The van der Waals surface area contributed by atoms with E-state index in [9.17, 15) is 4.79 Å². The van der Waals surface area contributed by atoms with E-state index >= 15 is 0 Å². The standard InChI is InChI=1S/C9H14N2O2/c1-4-7(10)9(12)8-5(2)11-13-6(8)3/h7H,4,10H2,1-3H3. The van der Waals surface area contributed by atoms with Gasteiger partial charge in [-0.3, -0.25) is 4.79 Å². The molecular weight excluding hydrogens is 168 g/mol. The summed E-state index contributed by atoms with van der Waals surface area (Å²) in [6, 6.07) is -0.447.